The highest BCUT2D eigenvalue weighted by Gasteiger charge is 2.19. The Morgan fingerprint density at radius 2 is 2.12 bits per heavy atom. The van der Waals surface area contributed by atoms with Crippen molar-refractivity contribution in [1.82, 2.24) is 4.98 Å². The van der Waals surface area contributed by atoms with Crippen LogP contribution in [0.1, 0.15) is 23.1 Å². The number of H-pyrrole nitrogens is 1. The summed E-state index contributed by atoms with van der Waals surface area (Å²) in [5, 5.41) is 8.56. The van der Waals surface area contributed by atoms with Crippen molar-refractivity contribution in [3.8, 4) is 0 Å². The number of aromatic nitrogens is 1. The van der Waals surface area contributed by atoms with E-state index in [0.29, 0.717) is 0 Å². The minimum absolute atomic E-state index is 0.0962. The van der Waals surface area contributed by atoms with Crippen molar-refractivity contribution in [1.29, 1.82) is 0 Å². The van der Waals surface area contributed by atoms with Crippen LogP contribution >= 0.6 is 0 Å². The SMILES string of the molecule is NCc1c(C(F)F)c[nH]c(=O)c1CC(=O)O. The van der Waals surface area contributed by atoms with Crippen LogP contribution < -0.4 is 11.3 Å². The number of rotatable bonds is 4. The molecule has 1 heterocycles. The van der Waals surface area contributed by atoms with Crippen molar-refractivity contribution in [3.63, 3.8) is 0 Å². The molecule has 1 aromatic rings. The number of hydrogen-bond acceptors (Lipinski definition) is 3. The lowest BCUT2D eigenvalue weighted by atomic mass is 10.0. The van der Waals surface area contributed by atoms with Gasteiger partial charge in [0.2, 0.25) is 0 Å². The van der Waals surface area contributed by atoms with Crippen LogP contribution in [0, 0.1) is 0 Å². The second kappa shape index (κ2) is 4.84. The quantitative estimate of drug-likeness (QED) is 0.700. The van der Waals surface area contributed by atoms with Crippen LogP contribution in [-0.4, -0.2) is 16.1 Å². The predicted octanol–water partition coefficient (Wildman–Crippen LogP) is 0.398. The van der Waals surface area contributed by atoms with E-state index >= 15 is 0 Å². The minimum atomic E-state index is -2.80. The fourth-order valence-electron chi connectivity index (χ4n) is 1.40. The van der Waals surface area contributed by atoms with Crippen LogP contribution in [0.5, 0.6) is 0 Å². The van der Waals surface area contributed by atoms with Gasteiger partial charge in [-0.2, -0.15) is 0 Å². The van der Waals surface area contributed by atoms with Gasteiger partial charge in [-0.15, -0.1) is 0 Å². The van der Waals surface area contributed by atoms with Crippen molar-refractivity contribution in [3.05, 3.63) is 33.2 Å². The van der Waals surface area contributed by atoms with Gasteiger partial charge >= 0.3 is 5.97 Å². The van der Waals surface area contributed by atoms with Crippen molar-refractivity contribution in [2.45, 2.75) is 19.4 Å². The normalized spacial score (nSPS) is 10.8. The van der Waals surface area contributed by atoms with E-state index in [1.807, 2.05) is 0 Å². The van der Waals surface area contributed by atoms with Crippen LogP contribution in [0.2, 0.25) is 0 Å². The van der Waals surface area contributed by atoms with Gasteiger partial charge in [-0.3, -0.25) is 9.59 Å². The van der Waals surface area contributed by atoms with Crippen molar-refractivity contribution in [2.75, 3.05) is 0 Å². The van der Waals surface area contributed by atoms with Crippen molar-refractivity contribution >= 4 is 5.97 Å². The Kier molecular flexibility index (Phi) is 3.73. The molecule has 0 amide bonds. The van der Waals surface area contributed by atoms with E-state index in [2.05, 4.69) is 4.98 Å². The standard InChI is InChI=1S/C9H10F2N2O3/c10-8(11)6-3-13-9(16)4(1-7(14)15)5(6)2-12/h3,8H,1-2,12H2,(H,13,16)(H,14,15). The molecule has 0 unspecified atom stereocenters. The summed E-state index contributed by atoms with van der Waals surface area (Å²) in [6.07, 6.45) is -2.56. The highest BCUT2D eigenvalue weighted by molar-refractivity contribution is 5.70. The Hall–Kier alpha value is -1.76. The summed E-state index contributed by atoms with van der Waals surface area (Å²) >= 11 is 0. The monoisotopic (exact) mass is 232 g/mol. The van der Waals surface area contributed by atoms with Gasteiger partial charge < -0.3 is 15.8 Å². The molecule has 5 nitrogen and oxygen atoms in total. The summed E-state index contributed by atoms with van der Waals surface area (Å²) in [7, 11) is 0. The number of hydrogen-bond donors (Lipinski definition) is 3. The molecule has 4 N–H and O–H groups in total. The molecular weight excluding hydrogens is 222 g/mol. The van der Waals surface area contributed by atoms with Gasteiger partial charge in [0.25, 0.3) is 12.0 Å². The molecule has 0 aromatic carbocycles. The first-order valence-corrected chi connectivity index (χ1v) is 4.40. The Morgan fingerprint density at radius 3 is 2.56 bits per heavy atom. The molecule has 0 saturated heterocycles. The molecule has 0 saturated carbocycles. The number of nitrogens with one attached hydrogen (secondary N) is 1. The number of aliphatic carboxylic acids is 1. The first-order valence-electron chi connectivity index (χ1n) is 4.40. The highest BCUT2D eigenvalue weighted by atomic mass is 19.3. The third kappa shape index (κ3) is 2.43. The van der Waals surface area contributed by atoms with Crippen molar-refractivity contribution < 1.29 is 18.7 Å². The number of halogens is 2. The number of carboxylic acid groups (broad SMARTS) is 1. The molecule has 1 rings (SSSR count). The van der Waals surface area contributed by atoms with Gasteiger partial charge in [0.15, 0.2) is 0 Å². The number of carbonyl (C=O) groups is 1. The molecule has 0 radical (unpaired) electrons. The van der Waals surface area contributed by atoms with Crippen LogP contribution in [0.15, 0.2) is 11.0 Å². The van der Waals surface area contributed by atoms with Crippen LogP contribution in [0.25, 0.3) is 0 Å². The molecule has 88 valence electrons. The lowest BCUT2D eigenvalue weighted by molar-refractivity contribution is -0.136. The molecule has 7 heteroatoms. The van der Waals surface area contributed by atoms with E-state index < -0.39 is 29.9 Å². The maximum absolute atomic E-state index is 12.5. The van der Waals surface area contributed by atoms with Gasteiger partial charge in [-0.05, 0) is 5.56 Å². The second-order valence-electron chi connectivity index (χ2n) is 3.11. The first-order chi connectivity index (χ1) is 7.47. The van der Waals surface area contributed by atoms with E-state index in [4.69, 9.17) is 10.8 Å². The van der Waals surface area contributed by atoms with E-state index in [1.54, 1.807) is 0 Å². The lowest BCUT2D eigenvalue weighted by Crippen LogP contribution is -2.22. The largest absolute Gasteiger partial charge is 0.481 e. The predicted molar refractivity (Wildman–Crippen MR) is 51.3 cm³/mol. The second-order valence-corrected chi connectivity index (χ2v) is 3.11. The molecule has 16 heavy (non-hydrogen) atoms. The van der Waals surface area contributed by atoms with Gasteiger partial charge in [0, 0.05) is 23.9 Å². The fraction of sp³-hybridized carbons (Fsp3) is 0.333. The average molecular weight is 232 g/mol. The van der Waals surface area contributed by atoms with E-state index in [0.717, 1.165) is 6.20 Å². The number of pyridine rings is 1. The molecule has 0 spiro atoms. The molecule has 0 fully saturated rings. The summed E-state index contributed by atoms with van der Waals surface area (Å²) in [4.78, 5) is 23.9. The van der Waals surface area contributed by atoms with E-state index in [1.165, 1.54) is 0 Å². The Bertz CT molecular complexity index is 457. The smallest absolute Gasteiger partial charge is 0.308 e. The molecule has 0 atom stereocenters. The topological polar surface area (TPSA) is 96.2 Å². The summed E-state index contributed by atoms with van der Waals surface area (Å²) in [5.41, 5.74) is 3.81. The molecule has 1 aromatic heterocycles. The number of carboxylic acids is 1. The zero-order valence-corrected chi connectivity index (χ0v) is 8.17. The van der Waals surface area contributed by atoms with Gasteiger partial charge in [0.1, 0.15) is 0 Å². The zero-order valence-electron chi connectivity index (χ0n) is 8.17. The maximum Gasteiger partial charge on any atom is 0.308 e. The van der Waals surface area contributed by atoms with Crippen molar-refractivity contribution in [2.24, 2.45) is 5.73 Å². The number of alkyl halides is 2. The fourth-order valence-corrected chi connectivity index (χ4v) is 1.40. The minimum Gasteiger partial charge on any atom is -0.481 e. The van der Waals surface area contributed by atoms with Gasteiger partial charge in [-0.25, -0.2) is 8.78 Å². The zero-order chi connectivity index (χ0) is 12.3. The highest BCUT2D eigenvalue weighted by Crippen LogP contribution is 2.22. The first kappa shape index (κ1) is 12.3. The molecule has 0 aliphatic carbocycles. The molecule has 0 bridgehead atoms. The van der Waals surface area contributed by atoms with Gasteiger partial charge in [0.05, 0.1) is 6.42 Å². The summed E-state index contributed by atoms with van der Waals surface area (Å²) in [6, 6.07) is 0. The molecule has 0 aliphatic rings. The number of nitrogens with two attached hydrogens (primary N) is 1. The third-order valence-electron chi connectivity index (χ3n) is 2.11. The van der Waals surface area contributed by atoms with Crippen LogP contribution in [0.3, 0.4) is 0 Å². The van der Waals surface area contributed by atoms with E-state index in [-0.39, 0.29) is 17.7 Å². The summed E-state index contributed by atoms with van der Waals surface area (Å²) < 4.78 is 25.1. The Morgan fingerprint density at radius 1 is 1.50 bits per heavy atom. The summed E-state index contributed by atoms with van der Waals surface area (Å²) in [5.74, 6) is -1.27. The third-order valence-corrected chi connectivity index (χ3v) is 2.11. The van der Waals surface area contributed by atoms with E-state index in [9.17, 15) is 18.4 Å². The van der Waals surface area contributed by atoms with Crippen LogP contribution in [0.4, 0.5) is 8.78 Å². The lowest BCUT2D eigenvalue weighted by Gasteiger charge is -2.10. The maximum atomic E-state index is 12.5. The summed E-state index contributed by atoms with van der Waals surface area (Å²) in [6.45, 7) is -0.299. The van der Waals surface area contributed by atoms with Crippen LogP contribution in [-0.2, 0) is 17.8 Å². The Labute approximate surface area is 88.9 Å². The number of aromatic amines is 1. The molecular formula is C9H10F2N2O3. The average Bonchev–Trinajstić information content (AvgIpc) is 2.19. The Balaban J connectivity index is 3.38. The van der Waals surface area contributed by atoms with Gasteiger partial charge in [-0.1, -0.05) is 0 Å². The molecule has 0 aliphatic heterocycles.